The summed E-state index contributed by atoms with van der Waals surface area (Å²) in [7, 11) is 1.35. The van der Waals surface area contributed by atoms with Crippen molar-refractivity contribution in [2.45, 2.75) is 20.4 Å². The van der Waals surface area contributed by atoms with Crippen LogP contribution in [-0.2, 0) is 13.6 Å². The van der Waals surface area contributed by atoms with Crippen LogP contribution >= 0.6 is 0 Å². The highest BCUT2D eigenvalue weighted by Crippen LogP contribution is 2.21. The van der Waals surface area contributed by atoms with Gasteiger partial charge in [-0.3, -0.25) is 18.7 Å². The molecule has 2 aromatic carbocycles. The maximum Gasteiger partial charge on any atom is 0.332 e. The Labute approximate surface area is 174 Å². The minimum atomic E-state index is -0.677. The van der Waals surface area contributed by atoms with E-state index in [4.69, 9.17) is 5.73 Å². The van der Waals surface area contributed by atoms with Gasteiger partial charge in [-0.15, -0.1) is 0 Å². The molecule has 0 unspecified atom stereocenters. The van der Waals surface area contributed by atoms with Gasteiger partial charge in [0.25, 0.3) is 5.56 Å². The van der Waals surface area contributed by atoms with E-state index >= 15 is 0 Å². The van der Waals surface area contributed by atoms with Crippen molar-refractivity contribution in [2.24, 2.45) is 13.0 Å². The molecule has 1 heterocycles. The van der Waals surface area contributed by atoms with Gasteiger partial charge < -0.3 is 11.1 Å². The first-order valence-electron chi connectivity index (χ1n) is 9.81. The average molecular weight is 406 g/mol. The molecule has 30 heavy (non-hydrogen) atoms. The molecule has 3 rings (SSSR count). The molecular formula is C23H26N4O3. The predicted molar refractivity (Wildman–Crippen MR) is 120 cm³/mol. The third-order valence-corrected chi connectivity index (χ3v) is 4.85. The predicted octanol–water partition coefficient (Wildman–Crippen LogP) is 2.75. The fraction of sp³-hybridized carbons (Fsp3) is 0.261. The lowest BCUT2D eigenvalue weighted by Gasteiger charge is -2.16. The number of benzene rings is 2. The van der Waals surface area contributed by atoms with Crippen molar-refractivity contribution in [2.75, 3.05) is 17.6 Å². The Hall–Kier alpha value is -3.61. The van der Waals surface area contributed by atoms with Gasteiger partial charge in [-0.1, -0.05) is 56.3 Å². The topological polar surface area (TPSA) is 99.1 Å². The molecule has 7 heteroatoms. The van der Waals surface area contributed by atoms with Gasteiger partial charge >= 0.3 is 5.69 Å². The molecule has 0 bridgehead atoms. The van der Waals surface area contributed by atoms with E-state index in [1.54, 1.807) is 0 Å². The summed E-state index contributed by atoms with van der Waals surface area (Å²) in [6, 6.07) is 17.6. The van der Waals surface area contributed by atoms with Crippen LogP contribution in [0.4, 0.5) is 11.5 Å². The van der Waals surface area contributed by atoms with Crippen molar-refractivity contribution in [1.82, 2.24) is 9.13 Å². The Bertz CT molecular complexity index is 1160. The number of carbonyl (C=O) groups excluding carboxylic acids is 1. The molecule has 0 aliphatic rings. The van der Waals surface area contributed by atoms with E-state index < -0.39 is 17.0 Å². The van der Waals surface area contributed by atoms with Gasteiger partial charge in [0.1, 0.15) is 11.4 Å². The van der Waals surface area contributed by atoms with Crippen LogP contribution in [0.1, 0.15) is 24.2 Å². The highest BCUT2D eigenvalue weighted by molar-refractivity contribution is 6.02. The number of hydrogen-bond donors (Lipinski definition) is 2. The summed E-state index contributed by atoms with van der Waals surface area (Å²) in [5.74, 6) is -0.410. The highest BCUT2D eigenvalue weighted by atomic mass is 16.2. The molecule has 0 amide bonds. The van der Waals surface area contributed by atoms with Gasteiger partial charge in [-0.05, 0) is 29.2 Å². The van der Waals surface area contributed by atoms with E-state index in [0.717, 1.165) is 21.4 Å². The lowest BCUT2D eigenvalue weighted by Crippen LogP contribution is -2.43. The minimum absolute atomic E-state index is 0.0805. The van der Waals surface area contributed by atoms with E-state index in [9.17, 15) is 14.4 Å². The number of ketones is 1. The number of nitrogens with one attached hydrogen (secondary N) is 1. The van der Waals surface area contributed by atoms with Gasteiger partial charge in [-0.2, -0.15) is 0 Å². The fourth-order valence-corrected chi connectivity index (χ4v) is 3.27. The third kappa shape index (κ3) is 4.35. The number of Topliss-reactive ketones (excluding diaryl/α,β-unsaturated/α-hetero) is 1. The van der Waals surface area contributed by atoms with Crippen LogP contribution in [0.2, 0.25) is 0 Å². The summed E-state index contributed by atoms with van der Waals surface area (Å²) < 4.78 is 2.22. The summed E-state index contributed by atoms with van der Waals surface area (Å²) in [5.41, 5.74) is 7.60. The van der Waals surface area contributed by atoms with Crippen LogP contribution in [0.3, 0.4) is 0 Å². The van der Waals surface area contributed by atoms with Crippen LogP contribution < -0.4 is 22.3 Å². The molecule has 3 N–H and O–H groups in total. The molecule has 0 aliphatic carbocycles. The van der Waals surface area contributed by atoms with Crippen LogP contribution in [0, 0.1) is 5.92 Å². The molecule has 0 saturated carbocycles. The number of anilines is 2. The Morgan fingerprint density at radius 2 is 1.60 bits per heavy atom. The molecule has 156 valence electrons. The third-order valence-electron chi connectivity index (χ3n) is 4.85. The van der Waals surface area contributed by atoms with Crippen molar-refractivity contribution in [3.8, 4) is 11.1 Å². The molecule has 0 fully saturated rings. The first kappa shape index (κ1) is 21.1. The zero-order valence-electron chi connectivity index (χ0n) is 17.4. The van der Waals surface area contributed by atoms with Gasteiger partial charge in [0, 0.05) is 19.3 Å². The fourth-order valence-electron chi connectivity index (χ4n) is 3.27. The van der Waals surface area contributed by atoms with E-state index in [-0.39, 0.29) is 23.8 Å². The van der Waals surface area contributed by atoms with Gasteiger partial charge in [-0.25, -0.2) is 4.79 Å². The zero-order chi connectivity index (χ0) is 21.8. The summed E-state index contributed by atoms with van der Waals surface area (Å²) in [6.45, 7) is 4.08. The van der Waals surface area contributed by atoms with E-state index in [0.29, 0.717) is 6.54 Å². The first-order chi connectivity index (χ1) is 14.3. The maximum atomic E-state index is 12.8. The smallest absolute Gasteiger partial charge is 0.332 e. The largest absolute Gasteiger partial charge is 0.384 e. The van der Waals surface area contributed by atoms with Crippen LogP contribution in [-0.4, -0.2) is 21.5 Å². The summed E-state index contributed by atoms with van der Waals surface area (Å²) in [4.78, 5) is 37.7. The number of nitrogens with zero attached hydrogens (tertiary/aromatic N) is 2. The van der Waals surface area contributed by atoms with Gasteiger partial charge in [0.15, 0.2) is 5.78 Å². The van der Waals surface area contributed by atoms with E-state index in [1.807, 2.05) is 68.4 Å². The lowest BCUT2D eigenvalue weighted by atomic mass is 10.1. The van der Waals surface area contributed by atoms with Crippen molar-refractivity contribution >= 4 is 17.3 Å². The maximum absolute atomic E-state index is 12.8. The monoisotopic (exact) mass is 406 g/mol. The summed E-state index contributed by atoms with van der Waals surface area (Å²) in [5, 5.41) is 3.03. The lowest BCUT2D eigenvalue weighted by molar-refractivity contribution is 0.100. The van der Waals surface area contributed by atoms with E-state index in [1.165, 1.54) is 11.6 Å². The molecular weight excluding hydrogens is 380 g/mol. The minimum Gasteiger partial charge on any atom is -0.384 e. The second kappa shape index (κ2) is 8.82. The second-order valence-corrected chi connectivity index (χ2v) is 7.63. The highest BCUT2D eigenvalue weighted by Gasteiger charge is 2.21. The molecule has 0 radical (unpaired) electrons. The molecule has 0 saturated heterocycles. The standard InChI is InChI=1S/C23H26N4O3/c1-15(2)14-27-21(24)20(22(29)26(3)23(27)30)19(28)13-25-18-11-9-17(10-12-18)16-7-5-4-6-8-16/h4-12,15,25H,13-14,24H2,1-3H3. The Morgan fingerprint density at radius 3 is 2.20 bits per heavy atom. The Balaban J connectivity index is 1.80. The molecule has 7 nitrogen and oxygen atoms in total. The van der Waals surface area contributed by atoms with Crippen molar-refractivity contribution < 1.29 is 4.79 Å². The van der Waals surface area contributed by atoms with Crippen molar-refractivity contribution in [3.05, 3.63) is 81.0 Å². The second-order valence-electron chi connectivity index (χ2n) is 7.63. The van der Waals surface area contributed by atoms with E-state index in [2.05, 4.69) is 5.32 Å². The van der Waals surface area contributed by atoms with Crippen LogP contribution in [0.25, 0.3) is 11.1 Å². The average Bonchev–Trinajstić information content (AvgIpc) is 2.75. The molecule has 0 aliphatic heterocycles. The molecule has 0 atom stereocenters. The number of carbonyl (C=O) groups is 1. The first-order valence-corrected chi connectivity index (χ1v) is 9.81. The number of hydrogen-bond acceptors (Lipinski definition) is 5. The van der Waals surface area contributed by atoms with Crippen molar-refractivity contribution in [1.29, 1.82) is 0 Å². The Kier molecular flexibility index (Phi) is 6.20. The molecule has 3 aromatic rings. The number of aromatic nitrogens is 2. The van der Waals surface area contributed by atoms with Crippen LogP contribution in [0.5, 0.6) is 0 Å². The SMILES string of the molecule is CC(C)Cn1c(N)c(C(=O)CNc2ccc(-c3ccccc3)cc2)c(=O)n(C)c1=O. The molecule has 1 aromatic heterocycles. The number of nitrogens with two attached hydrogens (primary N) is 1. The summed E-state index contributed by atoms with van der Waals surface area (Å²) >= 11 is 0. The molecule has 0 spiro atoms. The normalized spacial score (nSPS) is 10.9. The van der Waals surface area contributed by atoms with Gasteiger partial charge in [0.2, 0.25) is 0 Å². The number of rotatable bonds is 7. The number of nitrogen functional groups attached to an aromatic ring is 1. The quantitative estimate of drug-likeness (QED) is 0.588. The van der Waals surface area contributed by atoms with Crippen LogP contribution in [0.15, 0.2) is 64.2 Å². The Morgan fingerprint density at radius 1 is 1.00 bits per heavy atom. The summed E-state index contributed by atoms with van der Waals surface area (Å²) in [6.07, 6.45) is 0. The van der Waals surface area contributed by atoms with Gasteiger partial charge in [0.05, 0.1) is 6.54 Å². The van der Waals surface area contributed by atoms with Crippen molar-refractivity contribution in [3.63, 3.8) is 0 Å². The zero-order valence-corrected chi connectivity index (χ0v) is 17.4.